The maximum absolute atomic E-state index is 12.4. The minimum atomic E-state index is -0.133. The van der Waals surface area contributed by atoms with Gasteiger partial charge >= 0.3 is 0 Å². The van der Waals surface area contributed by atoms with Gasteiger partial charge in [0.05, 0.1) is 23.8 Å². The molecule has 0 spiro atoms. The Kier molecular flexibility index (Phi) is 9.93. The van der Waals surface area contributed by atoms with E-state index in [1.807, 2.05) is 112 Å². The number of amides is 2. The van der Waals surface area contributed by atoms with Gasteiger partial charge in [-0.1, -0.05) is 64.1 Å². The number of carbonyl (C=O) groups excluding carboxylic acids is 2. The molecular weight excluding hydrogens is 635 g/mol. The summed E-state index contributed by atoms with van der Waals surface area (Å²) in [5, 5.41) is 5.29. The van der Waals surface area contributed by atoms with Gasteiger partial charge in [0.15, 0.2) is 0 Å². The van der Waals surface area contributed by atoms with Crippen LogP contribution in [-0.4, -0.2) is 47.9 Å². The summed E-state index contributed by atoms with van der Waals surface area (Å²) in [6, 6.07) is 16.1. The summed E-state index contributed by atoms with van der Waals surface area (Å²) in [5.41, 5.74) is 6.49. The normalized spacial score (nSPS) is 11.2. The van der Waals surface area contributed by atoms with Crippen molar-refractivity contribution in [2.75, 3.05) is 17.3 Å². The largest absolute Gasteiger partial charge is 0.350 e. The van der Waals surface area contributed by atoms with Gasteiger partial charge in [0, 0.05) is 78.3 Å². The van der Waals surface area contributed by atoms with Gasteiger partial charge in [-0.25, -0.2) is 19.9 Å². The van der Waals surface area contributed by atoms with Crippen molar-refractivity contribution in [1.29, 1.82) is 0 Å². The van der Waals surface area contributed by atoms with Crippen LogP contribution in [0.2, 0.25) is 10.6 Å². The van der Waals surface area contributed by atoms with Crippen LogP contribution in [0.3, 0.4) is 0 Å². The van der Waals surface area contributed by atoms with Gasteiger partial charge in [-0.2, -0.15) is 0 Å². The topological polar surface area (TPSA) is 111 Å². The number of aryl methyl sites for hydroxylation is 2. The first kappa shape index (κ1) is 33.6. The Morgan fingerprint density at radius 3 is 1.77 bits per heavy atom. The van der Waals surface area contributed by atoms with E-state index in [1.54, 1.807) is 24.3 Å². The molecule has 2 amide bonds. The number of anilines is 2. The molecule has 0 saturated carbocycles. The van der Waals surface area contributed by atoms with Crippen LogP contribution < -0.4 is 10.2 Å². The van der Waals surface area contributed by atoms with E-state index in [1.165, 1.54) is 0 Å². The highest BCUT2D eigenvalue weighted by Gasteiger charge is 2.22. The Bertz CT molecular complexity index is 2100. The molecule has 0 atom stereocenters. The number of carbonyl (C=O) groups is 2. The molecule has 6 aromatic rings. The van der Waals surface area contributed by atoms with Crippen LogP contribution in [-0.2, 0) is 23.7 Å². The maximum Gasteiger partial charge on any atom is 0.229 e. The molecule has 0 radical (unpaired) electrons. The van der Waals surface area contributed by atoms with Gasteiger partial charge in [0.2, 0.25) is 22.4 Å². The molecule has 4 aromatic heterocycles. The van der Waals surface area contributed by atoms with Crippen LogP contribution in [0.15, 0.2) is 73.3 Å². The summed E-state index contributed by atoms with van der Waals surface area (Å²) < 4.78 is 4.06. The van der Waals surface area contributed by atoms with E-state index in [0.29, 0.717) is 22.8 Å². The van der Waals surface area contributed by atoms with Crippen LogP contribution in [0, 0.1) is 11.8 Å². The van der Waals surface area contributed by atoms with Crippen molar-refractivity contribution in [2.45, 2.75) is 27.7 Å². The van der Waals surface area contributed by atoms with E-state index in [9.17, 15) is 9.59 Å². The Labute approximate surface area is 283 Å². The van der Waals surface area contributed by atoms with Gasteiger partial charge in [-0.3, -0.25) is 9.59 Å². The van der Waals surface area contributed by atoms with Gasteiger partial charge in [-0.05, 0) is 35.3 Å². The highest BCUT2D eigenvalue weighted by molar-refractivity contribution is 6.28. The summed E-state index contributed by atoms with van der Waals surface area (Å²) >= 11 is 12.0. The molecule has 4 heterocycles. The van der Waals surface area contributed by atoms with E-state index in [2.05, 4.69) is 25.3 Å². The molecule has 2 aromatic carbocycles. The lowest BCUT2D eigenvalue weighted by Crippen LogP contribution is -2.31. The summed E-state index contributed by atoms with van der Waals surface area (Å²) in [6.45, 7) is 7.41. The SMILES string of the molecule is CC(C)C(=O)N(C)c1cnc(Cl)nc1-c1cn(C)c2ccccc12.CC(C)C(=O)Nc1cnc(Cl)nc1-c1cn(C)c2ccccc12. The molecule has 6 rings (SSSR count). The number of hydrogen-bond acceptors (Lipinski definition) is 6. The number of halogens is 2. The number of fused-ring (bicyclic) bond motifs is 2. The fourth-order valence-electron chi connectivity index (χ4n) is 5.30. The first-order chi connectivity index (χ1) is 22.4. The van der Waals surface area contributed by atoms with E-state index in [0.717, 1.165) is 32.9 Å². The van der Waals surface area contributed by atoms with E-state index >= 15 is 0 Å². The zero-order valence-electron chi connectivity index (χ0n) is 27.3. The number of nitrogens with zero attached hydrogens (tertiary/aromatic N) is 7. The van der Waals surface area contributed by atoms with Crippen molar-refractivity contribution in [3.05, 3.63) is 83.9 Å². The van der Waals surface area contributed by atoms with Gasteiger partial charge < -0.3 is 19.4 Å². The molecule has 1 N–H and O–H groups in total. The smallest absolute Gasteiger partial charge is 0.229 e. The number of rotatable bonds is 6. The van der Waals surface area contributed by atoms with Crippen LogP contribution in [0.1, 0.15) is 27.7 Å². The molecule has 10 nitrogen and oxygen atoms in total. The monoisotopic (exact) mass is 670 g/mol. The van der Waals surface area contributed by atoms with Gasteiger partial charge in [0.1, 0.15) is 11.4 Å². The number of aromatic nitrogens is 6. The molecule has 0 aliphatic heterocycles. The highest BCUT2D eigenvalue weighted by atomic mass is 35.5. The molecule has 0 fully saturated rings. The fourth-order valence-corrected chi connectivity index (χ4v) is 5.57. The van der Waals surface area contributed by atoms with Crippen molar-refractivity contribution in [1.82, 2.24) is 29.1 Å². The lowest BCUT2D eigenvalue weighted by molar-refractivity contribution is -0.121. The van der Waals surface area contributed by atoms with Crippen LogP contribution in [0.5, 0.6) is 0 Å². The lowest BCUT2D eigenvalue weighted by Gasteiger charge is -2.21. The third kappa shape index (κ3) is 6.99. The molecule has 0 unspecified atom stereocenters. The number of para-hydroxylation sites is 2. The summed E-state index contributed by atoms with van der Waals surface area (Å²) in [6.07, 6.45) is 7.13. The lowest BCUT2D eigenvalue weighted by atomic mass is 10.1. The first-order valence-corrected chi connectivity index (χ1v) is 15.8. The van der Waals surface area contributed by atoms with Crippen molar-refractivity contribution in [3.63, 3.8) is 0 Å². The van der Waals surface area contributed by atoms with Gasteiger partial charge in [0.25, 0.3) is 0 Å². The Balaban J connectivity index is 0.000000185. The van der Waals surface area contributed by atoms with Crippen molar-refractivity contribution in [2.24, 2.45) is 25.9 Å². The molecule has 0 aliphatic rings. The zero-order valence-corrected chi connectivity index (χ0v) is 28.8. The quantitative estimate of drug-likeness (QED) is 0.181. The standard InChI is InChI=1S/C18H19ClN4O.C17H17ClN4O/c1-11(2)17(24)23(4)15-9-20-18(19)21-16(15)13-10-22(3)14-8-6-5-7-12(13)14;1-10(2)16(23)20-13-8-19-17(18)21-15(13)12-9-22(3)14-7-5-4-6-11(12)14/h5-11H,1-4H3;4-10H,1-3H3,(H,20,23). The molecule has 0 saturated heterocycles. The third-order valence-electron chi connectivity index (χ3n) is 7.77. The Hall–Kier alpha value is -4.80. The second-order valence-corrected chi connectivity index (χ2v) is 12.5. The average Bonchev–Trinajstić information content (AvgIpc) is 3.57. The van der Waals surface area contributed by atoms with Crippen LogP contribution in [0.4, 0.5) is 11.4 Å². The van der Waals surface area contributed by atoms with Crippen molar-refractivity contribution in [3.8, 4) is 22.5 Å². The number of benzene rings is 2. The fraction of sp³-hybridized carbons (Fsp3) is 0.257. The highest BCUT2D eigenvalue weighted by Crippen LogP contribution is 2.36. The molecule has 242 valence electrons. The Morgan fingerprint density at radius 1 is 0.745 bits per heavy atom. The molecule has 47 heavy (non-hydrogen) atoms. The van der Waals surface area contributed by atoms with Crippen LogP contribution in [0.25, 0.3) is 44.3 Å². The minimum absolute atomic E-state index is 0.00223. The summed E-state index contributed by atoms with van der Waals surface area (Å²) in [4.78, 5) is 42.9. The van der Waals surface area contributed by atoms with Crippen LogP contribution >= 0.6 is 23.2 Å². The van der Waals surface area contributed by atoms with E-state index in [4.69, 9.17) is 23.2 Å². The molecule has 0 bridgehead atoms. The van der Waals surface area contributed by atoms with Crippen molar-refractivity contribution < 1.29 is 9.59 Å². The zero-order chi connectivity index (χ0) is 34.0. The predicted molar refractivity (Wildman–Crippen MR) is 190 cm³/mol. The summed E-state index contributed by atoms with van der Waals surface area (Å²) in [7, 11) is 5.70. The Morgan fingerprint density at radius 2 is 1.23 bits per heavy atom. The second kappa shape index (κ2) is 13.9. The van der Waals surface area contributed by atoms with Crippen molar-refractivity contribution >= 4 is 68.2 Å². The molecule has 12 heteroatoms. The minimum Gasteiger partial charge on any atom is -0.350 e. The van der Waals surface area contributed by atoms with E-state index in [-0.39, 0.29) is 34.2 Å². The second-order valence-electron chi connectivity index (χ2n) is 11.8. The number of hydrogen-bond donors (Lipinski definition) is 1. The third-order valence-corrected chi connectivity index (χ3v) is 8.14. The first-order valence-electron chi connectivity index (χ1n) is 15.1. The maximum atomic E-state index is 12.4. The molecule has 0 aliphatic carbocycles. The van der Waals surface area contributed by atoms with E-state index < -0.39 is 0 Å². The molecular formula is C35H36Cl2N8O2. The predicted octanol–water partition coefficient (Wildman–Crippen LogP) is 7.79. The number of nitrogens with one attached hydrogen (secondary N) is 1. The van der Waals surface area contributed by atoms with Gasteiger partial charge in [-0.15, -0.1) is 0 Å². The average molecular weight is 672 g/mol. The summed E-state index contributed by atoms with van der Waals surface area (Å²) in [5.74, 6) is -0.336.